The Morgan fingerprint density at radius 1 is 1.67 bits per heavy atom. The van der Waals surface area contributed by atoms with Crippen LogP contribution >= 0.6 is 0 Å². The van der Waals surface area contributed by atoms with Gasteiger partial charge in [-0.3, -0.25) is 0 Å². The maximum absolute atomic E-state index is 10.4. The average molecular weight is 168 g/mol. The van der Waals surface area contributed by atoms with E-state index < -0.39 is 12.1 Å². The molecule has 0 spiro atoms. The summed E-state index contributed by atoms with van der Waals surface area (Å²) in [6.45, 7) is 1.54. The molecule has 0 bridgehead atoms. The van der Waals surface area contributed by atoms with Crippen LogP contribution < -0.4 is 0 Å². The monoisotopic (exact) mass is 168 g/mol. The van der Waals surface area contributed by atoms with Crippen LogP contribution in [-0.2, 0) is 9.53 Å². The first-order valence-electron chi connectivity index (χ1n) is 3.91. The lowest BCUT2D eigenvalue weighted by molar-refractivity contribution is -0.151. The molecule has 0 aliphatic heterocycles. The van der Waals surface area contributed by atoms with E-state index in [-0.39, 0.29) is 6.10 Å². The molecule has 1 N–H and O–H groups in total. The number of hydrogen-bond donors (Lipinski definition) is 1. The minimum Gasteiger partial charge on any atom is -0.479 e. The first-order valence-corrected chi connectivity index (χ1v) is 3.91. The van der Waals surface area contributed by atoms with Gasteiger partial charge in [-0.05, 0) is 13.3 Å². The molecule has 12 heavy (non-hydrogen) atoms. The molecular weight excluding hydrogens is 156 g/mol. The van der Waals surface area contributed by atoms with Crippen molar-refractivity contribution in [3.63, 3.8) is 0 Å². The van der Waals surface area contributed by atoms with E-state index in [2.05, 4.69) is 0 Å². The second kappa shape index (κ2) is 4.07. The number of carbonyl (C=O) groups is 1. The minimum atomic E-state index is -0.919. The van der Waals surface area contributed by atoms with Crippen molar-refractivity contribution in [3.8, 4) is 0 Å². The number of carboxylic acid groups (broad SMARTS) is 1. The van der Waals surface area contributed by atoms with Crippen LogP contribution in [0.3, 0.4) is 0 Å². The lowest BCUT2D eigenvalue weighted by atomic mass is 10.1. The highest BCUT2D eigenvalue weighted by molar-refractivity contribution is 5.71. The van der Waals surface area contributed by atoms with Gasteiger partial charge in [0.05, 0.1) is 6.10 Å². The average Bonchev–Trinajstić information content (AvgIpc) is 2.06. The van der Waals surface area contributed by atoms with Crippen LogP contribution in [0.4, 0.5) is 0 Å². The van der Waals surface area contributed by atoms with Crippen molar-refractivity contribution < 1.29 is 14.6 Å². The van der Waals surface area contributed by atoms with Gasteiger partial charge in [-0.25, -0.2) is 4.79 Å². The molecule has 3 heteroatoms. The van der Waals surface area contributed by atoms with Gasteiger partial charge in [0.25, 0.3) is 0 Å². The van der Waals surface area contributed by atoms with Gasteiger partial charge in [-0.1, -0.05) is 24.3 Å². The van der Waals surface area contributed by atoms with Crippen LogP contribution in [0, 0.1) is 0 Å². The molecule has 0 radical (unpaired) electrons. The fourth-order valence-corrected chi connectivity index (χ4v) is 0.979. The summed E-state index contributed by atoms with van der Waals surface area (Å²) in [6.07, 6.45) is 7.55. The number of carboxylic acids is 1. The fraction of sp³-hybridized carbons (Fsp3) is 0.444. The Labute approximate surface area is 71.3 Å². The van der Waals surface area contributed by atoms with Crippen molar-refractivity contribution in [1.29, 1.82) is 0 Å². The maximum Gasteiger partial charge on any atom is 0.332 e. The predicted octanol–water partition coefficient (Wildman–Crippen LogP) is 1.36. The Hall–Kier alpha value is -1.09. The van der Waals surface area contributed by atoms with Gasteiger partial charge in [0.2, 0.25) is 0 Å². The third-order valence-electron chi connectivity index (χ3n) is 1.67. The molecule has 0 heterocycles. The van der Waals surface area contributed by atoms with Gasteiger partial charge in [-0.2, -0.15) is 0 Å². The summed E-state index contributed by atoms with van der Waals surface area (Å²) >= 11 is 0. The van der Waals surface area contributed by atoms with E-state index in [1.54, 1.807) is 0 Å². The van der Waals surface area contributed by atoms with Crippen molar-refractivity contribution in [2.24, 2.45) is 0 Å². The minimum absolute atomic E-state index is 0.0823. The molecule has 66 valence electrons. The van der Waals surface area contributed by atoms with Crippen LogP contribution in [0.1, 0.15) is 13.3 Å². The van der Waals surface area contributed by atoms with E-state index >= 15 is 0 Å². The first kappa shape index (κ1) is 9.00. The van der Waals surface area contributed by atoms with E-state index in [9.17, 15) is 4.79 Å². The lowest BCUT2D eigenvalue weighted by Crippen LogP contribution is -2.25. The molecule has 0 aromatic carbocycles. The Morgan fingerprint density at radius 2 is 2.42 bits per heavy atom. The van der Waals surface area contributed by atoms with Crippen molar-refractivity contribution in [1.82, 2.24) is 0 Å². The summed E-state index contributed by atoms with van der Waals surface area (Å²) in [4.78, 5) is 10.4. The van der Waals surface area contributed by atoms with E-state index in [1.807, 2.05) is 24.3 Å². The standard InChI is InChI=1S/C9H12O3/c1-7(9(10)11)12-8-5-3-2-4-6-8/h2-5,7-8H,6H2,1H3,(H,10,11). The van der Waals surface area contributed by atoms with E-state index in [0.717, 1.165) is 6.42 Å². The lowest BCUT2D eigenvalue weighted by Gasteiger charge is -2.16. The molecule has 1 rings (SSSR count). The molecule has 3 nitrogen and oxygen atoms in total. The smallest absolute Gasteiger partial charge is 0.332 e. The van der Waals surface area contributed by atoms with E-state index in [0.29, 0.717) is 0 Å². The molecular formula is C9H12O3. The zero-order valence-electron chi connectivity index (χ0n) is 6.93. The molecule has 0 fully saturated rings. The van der Waals surface area contributed by atoms with Gasteiger partial charge >= 0.3 is 5.97 Å². The summed E-state index contributed by atoms with van der Waals surface area (Å²) in [6, 6.07) is 0. The van der Waals surface area contributed by atoms with Gasteiger partial charge in [0.1, 0.15) is 0 Å². The summed E-state index contributed by atoms with van der Waals surface area (Å²) in [7, 11) is 0. The van der Waals surface area contributed by atoms with Gasteiger partial charge < -0.3 is 9.84 Å². The number of rotatable bonds is 3. The Balaban J connectivity index is 2.36. The highest BCUT2D eigenvalue weighted by Crippen LogP contribution is 2.09. The Bertz CT molecular complexity index is 218. The Morgan fingerprint density at radius 3 is 2.92 bits per heavy atom. The molecule has 0 saturated carbocycles. The van der Waals surface area contributed by atoms with Crippen LogP contribution in [0.25, 0.3) is 0 Å². The molecule has 1 aliphatic rings. The molecule has 0 amide bonds. The second-order valence-electron chi connectivity index (χ2n) is 2.70. The topological polar surface area (TPSA) is 46.5 Å². The van der Waals surface area contributed by atoms with Gasteiger partial charge in [-0.15, -0.1) is 0 Å². The molecule has 0 aromatic heterocycles. The van der Waals surface area contributed by atoms with Crippen molar-refractivity contribution in [3.05, 3.63) is 24.3 Å². The summed E-state index contributed by atoms with van der Waals surface area (Å²) in [5.74, 6) is -0.919. The third-order valence-corrected chi connectivity index (χ3v) is 1.67. The van der Waals surface area contributed by atoms with Crippen molar-refractivity contribution in [2.45, 2.75) is 25.6 Å². The summed E-state index contributed by atoms with van der Waals surface area (Å²) in [5, 5.41) is 8.55. The number of allylic oxidation sites excluding steroid dienone is 2. The quantitative estimate of drug-likeness (QED) is 0.692. The van der Waals surface area contributed by atoms with Crippen LogP contribution in [0.15, 0.2) is 24.3 Å². The maximum atomic E-state index is 10.4. The summed E-state index contributed by atoms with van der Waals surface area (Å²) < 4.78 is 5.22. The van der Waals surface area contributed by atoms with E-state index in [1.165, 1.54) is 6.92 Å². The molecule has 0 aromatic rings. The highest BCUT2D eigenvalue weighted by atomic mass is 16.5. The zero-order chi connectivity index (χ0) is 8.97. The molecule has 2 atom stereocenters. The Kier molecular flexibility index (Phi) is 3.05. The highest BCUT2D eigenvalue weighted by Gasteiger charge is 2.15. The van der Waals surface area contributed by atoms with Crippen LogP contribution in [0.5, 0.6) is 0 Å². The second-order valence-corrected chi connectivity index (χ2v) is 2.70. The predicted molar refractivity (Wildman–Crippen MR) is 44.9 cm³/mol. The first-order chi connectivity index (χ1) is 5.70. The third kappa shape index (κ3) is 2.51. The van der Waals surface area contributed by atoms with Crippen molar-refractivity contribution in [2.75, 3.05) is 0 Å². The van der Waals surface area contributed by atoms with Crippen LogP contribution in [0.2, 0.25) is 0 Å². The van der Waals surface area contributed by atoms with Crippen molar-refractivity contribution >= 4 is 5.97 Å². The fourth-order valence-electron chi connectivity index (χ4n) is 0.979. The normalized spacial score (nSPS) is 23.9. The SMILES string of the molecule is CC(OC1C=CC=CC1)C(=O)O. The zero-order valence-corrected chi connectivity index (χ0v) is 6.93. The van der Waals surface area contributed by atoms with Crippen LogP contribution in [-0.4, -0.2) is 23.3 Å². The number of aliphatic carboxylic acids is 1. The molecule has 1 aliphatic carbocycles. The molecule has 2 unspecified atom stereocenters. The molecule has 0 saturated heterocycles. The number of ether oxygens (including phenoxy) is 1. The largest absolute Gasteiger partial charge is 0.479 e. The van der Waals surface area contributed by atoms with E-state index in [4.69, 9.17) is 9.84 Å². The van der Waals surface area contributed by atoms with Gasteiger partial charge in [0.15, 0.2) is 6.10 Å². The van der Waals surface area contributed by atoms with Gasteiger partial charge in [0, 0.05) is 0 Å². The summed E-state index contributed by atoms with van der Waals surface area (Å²) in [5.41, 5.74) is 0. The number of hydrogen-bond acceptors (Lipinski definition) is 2.